The van der Waals surface area contributed by atoms with E-state index in [4.69, 9.17) is 5.73 Å². The van der Waals surface area contributed by atoms with E-state index in [-0.39, 0.29) is 5.91 Å². The Bertz CT molecular complexity index is 235. The molecular weight excluding hydrogens is 232 g/mol. The van der Waals surface area contributed by atoms with Gasteiger partial charge >= 0.3 is 0 Å². The van der Waals surface area contributed by atoms with Crippen LogP contribution in [0, 0.1) is 5.92 Å². The summed E-state index contributed by atoms with van der Waals surface area (Å²) >= 11 is 1.89. The highest BCUT2D eigenvalue weighted by Gasteiger charge is 2.25. The monoisotopic (exact) mass is 258 g/mol. The third-order valence-electron chi connectivity index (χ3n) is 3.62. The van der Waals surface area contributed by atoms with E-state index in [0.29, 0.717) is 30.2 Å². The number of nitrogens with two attached hydrogens (primary N) is 1. The third-order valence-corrected chi connectivity index (χ3v) is 4.79. The molecule has 0 saturated heterocycles. The van der Waals surface area contributed by atoms with Crippen LogP contribution in [0.25, 0.3) is 0 Å². The minimum absolute atomic E-state index is 0.205. The van der Waals surface area contributed by atoms with Crippen molar-refractivity contribution in [2.45, 2.75) is 56.7 Å². The van der Waals surface area contributed by atoms with Crippen LogP contribution in [-0.2, 0) is 4.79 Å². The number of hydrogen-bond acceptors (Lipinski definition) is 3. The lowest BCUT2D eigenvalue weighted by Gasteiger charge is -2.31. The van der Waals surface area contributed by atoms with Crippen LogP contribution in [0.2, 0.25) is 0 Å². The van der Waals surface area contributed by atoms with Crippen molar-refractivity contribution in [2.75, 3.05) is 12.8 Å². The fraction of sp³-hybridized carbons (Fsp3) is 0.923. The summed E-state index contributed by atoms with van der Waals surface area (Å²) in [7, 11) is 0. The molecule has 1 aliphatic rings. The van der Waals surface area contributed by atoms with Crippen molar-refractivity contribution in [3.63, 3.8) is 0 Å². The van der Waals surface area contributed by atoms with Gasteiger partial charge in [0.25, 0.3) is 0 Å². The van der Waals surface area contributed by atoms with Crippen molar-refractivity contribution in [1.82, 2.24) is 5.32 Å². The van der Waals surface area contributed by atoms with Crippen LogP contribution in [0.3, 0.4) is 0 Å². The Morgan fingerprint density at radius 3 is 2.82 bits per heavy atom. The van der Waals surface area contributed by atoms with Crippen LogP contribution in [0.15, 0.2) is 0 Å². The van der Waals surface area contributed by atoms with Gasteiger partial charge in [-0.3, -0.25) is 4.79 Å². The number of carbonyl (C=O) groups excluding carboxylic acids is 1. The lowest BCUT2D eigenvalue weighted by molar-refractivity contribution is -0.122. The molecule has 1 aliphatic carbocycles. The quantitative estimate of drug-likeness (QED) is 0.767. The number of hydrogen-bond donors (Lipinski definition) is 2. The summed E-state index contributed by atoms with van der Waals surface area (Å²) in [6.45, 7) is 2.77. The van der Waals surface area contributed by atoms with Crippen molar-refractivity contribution in [3.8, 4) is 0 Å². The lowest BCUT2D eigenvalue weighted by Crippen LogP contribution is -2.43. The molecule has 0 aliphatic heterocycles. The first kappa shape index (κ1) is 14.8. The van der Waals surface area contributed by atoms with Crippen molar-refractivity contribution in [1.29, 1.82) is 0 Å². The van der Waals surface area contributed by atoms with Gasteiger partial charge in [0.05, 0.1) is 0 Å². The van der Waals surface area contributed by atoms with Crippen LogP contribution >= 0.6 is 11.8 Å². The average Bonchev–Trinajstić information content (AvgIpc) is 2.36. The highest BCUT2D eigenvalue weighted by atomic mass is 32.2. The van der Waals surface area contributed by atoms with E-state index >= 15 is 0 Å². The van der Waals surface area contributed by atoms with E-state index in [1.807, 2.05) is 11.8 Å². The zero-order chi connectivity index (χ0) is 12.7. The van der Waals surface area contributed by atoms with Gasteiger partial charge in [-0.1, -0.05) is 19.8 Å². The molecule has 3 unspecified atom stereocenters. The average molecular weight is 258 g/mol. The maximum absolute atomic E-state index is 11.8. The van der Waals surface area contributed by atoms with Crippen LogP contribution in [0.5, 0.6) is 0 Å². The van der Waals surface area contributed by atoms with Gasteiger partial charge in [0.2, 0.25) is 5.91 Å². The van der Waals surface area contributed by atoms with E-state index in [1.54, 1.807) is 0 Å². The van der Waals surface area contributed by atoms with E-state index in [2.05, 4.69) is 18.5 Å². The molecule has 0 spiro atoms. The standard InChI is InChI=1S/C13H26N2OS/c1-10(9-14)7-8-13(16)15-11-5-3-4-6-12(11)17-2/h10-12H,3-9,14H2,1-2H3,(H,15,16). The summed E-state index contributed by atoms with van der Waals surface area (Å²) in [6, 6.07) is 0.388. The first-order valence-corrected chi connectivity index (χ1v) is 7.98. The van der Waals surface area contributed by atoms with Crippen molar-refractivity contribution in [3.05, 3.63) is 0 Å². The van der Waals surface area contributed by atoms with E-state index in [9.17, 15) is 4.79 Å². The number of thioether (sulfide) groups is 1. The number of rotatable bonds is 6. The molecule has 4 heteroatoms. The van der Waals surface area contributed by atoms with Gasteiger partial charge in [0.15, 0.2) is 0 Å². The van der Waals surface area contributed by atoms with Crippen LogP contribution in [-0.4, -0.2) is 30.0 Å². The lowest BCUT2D eigenvalue weighted by atomic mass is 9.94. The number of nitrogens with one attached hydrogen (secondary N) is 1. The highest BCUT2D eigenvalue weighted by molar-refractivity contribution is 7.99. The highest BCUT2D eigenvalue weighted by Crippen LogP contribution is 2.27. The van der Waals surface area contributed by atoms with Gasteiger partial charge in [0, 0.05) is 17.7 Å². The largest absolute Gasteiger partial charge is 0.352 e. The van der Waals surface area contributed by atoms with E-state index in [0.717, 1.165) is 12.8 Å². The second kappa shape index (κ2) is 7.98. The van der Waals surface area contributed by atoms with E-state index in [1.165, 1.54) is 19.3 Å². The zero-order valence-electron chi connectivity index (χ0n) is 11.1. The fourth-order valence-corrected chi connectivity index (χ4v) is 3.25. The fourth-order valence-electron chi connectivity index (χ4n) is 2.32. The minimum atomic E-state index is 0.205. The van der Waals surface area contributed by atoms with Crippen LogP contribution in [0.1, 0.15) is 45.4 Å². The Labute approximate surface area is 109 Å². The number of amides is 1. The summed E-state index contributed by atoms with van der Waals surface area (Å²) in [5.74, 6) is 0.653. The van der Waals surface area contributed by atoms with Gasteiger partial charge in [-0.05, 0) is 38.0 Å². The second-order valence-corrected chi connectivity index (χ2v) is 6.19. The molecule has 0 radical (unpaired) electrons. The molecule has 3 atom stereocenters. The molecule has 17 heavy (non-hydrogen) atoms. The predicted molar refractivity (Wildman–Crippen MR) is 75.2 cm³/mol. The topological polar surface area (TPSA) is 55.1 Å². The summed E-state index contributed by atoms with van der Waals surface area (Å²) < 4.78 is 0. The Hall–Kier alpha value is -0.220. The maximum atomic E-state index is 11.8. The first-order chi connectivity index (χ1) is 8.17. The molecule has 0 heterocycles. The normalized spacial score (nSPS) is 26.5. The summed E-state index contributed by atoms with van der Waals surface area (Å²) in [5.41, 5.74) is 5.55. The van der Waals surface area contributed by atoms with Gasteiger partial charge < -0.3 is 11.1 Å². The molecule has 0 aromatic carbocycles. The molecule has 3 N–H and O–H groups in total. The number of carbonyl (C=O) groups is 1. The summed E-state index contributed by atoms with van der Waals surface area (Å²) in [6.07, 6.45) is 8.61. The smallest absolute Gasteiger partial charge is 0.220 e. The summed E-state index contributed by atoms with van der Waals surface area (Å²) in [4.78, 5) is 11.8. The molecule has 1 rings (SSSR count). The van der Waals surface area contributed by atoms with Gasteiger partial charge in [-0.2, -0.15) is 11.8 Å². The first-order valence-electron chi connectivity index (χ1n) is 6.69. The van der Waals surface area contributed by atoms with E-state index < -0.39 is 0 Å². The summed E-state index contributed by atoms with van der Waals surface area (Å²) in [5, 5.41) is 3.81. The molecule has 100 valence electrons. The second-order valence-electron chi connectivity index (χ2n) is 5.11. The molecule has 0 aromatic heterocycles. The van der Waals surface area contributed by atoms with Crippen molar-refractivity contribution < 1.29 is 4.79 Å². The van der Waals surface area contributed by atoms with Crippen molar-refractivity contribution >= 4 is 17.7 Å². The molecule has 1 saturated carbocycles. The molecule has 0 aromatic rings. The van der Waals surface area contributed by atoms with Gasteiger partial charge in [-0.15, -0.1) is 0 Å². The molecule has 0 bridgehead atoms. The SMILES string of the molecule is CSC1CCCCC1NC(=O)CCC(C)CN. The van der Waals surface area contributed by atoms with Gasteiger partial charge in [-0.25, -0.2) is 0 Å². The van der Waals surface area contributed by atoms with Crippen LogP contribution < -0.4 is 11.1 Å². The maximum Gasteiger partial charge on any atom is 0.220 e. The minimum Gasteiger partial charge on any atom is -0.352 e. The Balaban J connectivity index is 2.28. The molecule has 1 fully saturated rings. The Morgan fingerprint density at radius 2 is 2.18 bits per heavy atom. The molecular formula is C13H26N2OS. The molecule has 1 amide bonds. The third kappa shape index (κ3) is 5.30. The van der Waals surface area contributed by atoms with Crippen LogP contribution in [0.4, 0.5) is 0 Å². The van der Waals surface area contributed by atoms with Crippen molar-refractivity contribution in [2.24, 2.45) is 11.7 Å². The predicted octanol–water partition coefficient (Wildman–Crippen LogP) is 2.15. The molecule has 3 nitrogen and oxygen atoms in total. The van der Waals surface area contributed by atoms with Gasteiger partial charge in [0.1, 0.15) is 0 Å². The Kier molecular flexibility index (Phi) is 6.97. The zero-order valence-corrected chi connectivity index (χ0v) is 11.9. The Morgan fingerprint density at radius 1 is 1.47 bits per heavy atom.